The van der Waals surface area contributed by atoms with E-state index in [9.17, 15) is 14.4 Å². The van der Waals surface area contributed by atoms with Crippen molar-refractivity contribution in [2.75, 3.05) is 6.54 Å². The topological polar surface area (TPSA) is 95.5 Å². The summed E-state index contributed by atoms with van der Waals surface area (Å²) in [5.74, 6) is -1.23. The normalized spacial score (nSPS) is 20.1. The highest BCUT2D eigenvalue weighted by atomic mass is 16.4. The van der Waals surface area contributed by atoms with E-state index in [4.69, 9.17) is 5.11 Å². The monoisotopic (exact) mass is 256 g/mol. The Morgan fingerprint density at radius 1 is 1.50 bits per heavy atom. The first-order valence-electron chi connectivity index (χ1n) is 6.11. The van der Waals surface area contributed by atoms with Gasteiger partial charge in [-0.1, -0.05) is 0 Å². The highest BCUT2D eigenvalue weighted by Gasteiger charge is 2.28. The number of carbonyl (C=O) groups excluding carboxylic acids is 2. The van der Waals surface area contributed by atoms with E-state index in [1.165, 1.54) is 0 Å². The standard InChI is InChI=1S/C12H20N2O4/c1-12(2,6-5-10(16)17)14-11(18)8-3-4-9(15)13-7-8/h8H,3-7H2,1-2H3,(H,13,15)(H,14,18)(H,16,17). The molecule has 1 unspecified atom stereocenters. The fourth-order valence-electron chi connectivity index (χ4n) is 1.87. The molecule has 0 spiro atoms. The third kappa shape index (κ3) is 4.73. The third-order valence-electron chi connectivity index (χ3n) is 3.06. The number of nitrogens with one attached hydrogen (secondary N) is 2. The van der Waals surface area contributed by atoms with Crippen LogP contribution in [0, 0.1) is 5.92 Å². The second-order valence-electron chi connectivity index (χ2n) is 5.31. The van der Waals surface area contributed by atoms with Gasteiger partial charge in [-0.05, 0) is 26.7 Å². The number of amides is 2. The summed E-state index contributed by atoms with van der Waals surface area (Å²) >= 11 is 0. The maximum Gasteiger partial charge on any atom is 0.303 e. The smallest absolute Gasteiger partial charge is 0.303 e. The fraction of sp³-hybridized carbons (Fsp3) is 0.750. The average Bonchev–Trinajstić information content (AvgIpc) is 2.27. The molecule has 1 aliphatic heterocycles. The van der Waals surface area contributed by atoms with E-state index < -0.39 is 11.5 Å². The fourth-order valence-corrected chi connectivity index (χ4v) is 1.87. The van der Waals surface area contributed by atoms with Crippen molar-refractivity contribution in [1.82, 2.24) is 10.6 Å². The molecule has 2 amide bonds. The van der Waals surface area contributed by atoms with Gasteiger partial charge in [0.25, 0.3) is 0 Å². The van der Waals surface area contributed by atoms with Crippen LogP contribution in [-0.2, 0) is 14.4 Å². The summed E-state index contributed by atoms with van der Waals surface area (Å²) in [6.07, 6.45) is 1.32. The number of aliphatic carboxylic acids is 1. The largest absolute Gasteiger partial charge is 0.481 e. The number of rotatable bonds is 5. The van der Waals surface area contributed by atoms with E-state index in [0.29, 0.717) is 25.8 Å². The molecule has 0 aromatic rings. The van der Waals surface area contributed by atoms with Gasteiger partial charge in [-0.15, -0.1) is 0 Å². The van der Waals surface area contributed by atoms with Crippen molar-refractivity contribution in [3.63, 3.8) is 0 Å². The Morgan fingerprint density at radius 2 is 2.17 bits per heavy atom. The Kier molecular flexibility index (Phi) is 4.69. The number of piperidine rings is 1. The highest BCUT2D eigenvalue weighted by molar-refractivity contribution is 5.84. The van der Waals surface area contributed by atoms with Gasteiger partial charge >= 0.3 is 5.97 Å². The molecule has 102 valence electrons. The Bertz CT molecular complexity index is 342. The molecule has 6 heteroatoms. The summed E-state index contributed by atoms with van der Waals surface area (Å²) in [6, 6.07) is 0. The minimum Gasteiger partial charge on any atom is -0.481 e. The van der Waals surface area contributed by atoms with Crippen LogP contribution < -0.4 is 10.6 Å². The van der Waals surface area contributed by atoms with Gasteiger partial charge in [0.05, 0.1) is 5.92 Å². The van der Waals surface area contributed by atoms with Crippen molar-refractivity contribution in [1.29, 1.82) is 0 Å². The van der Waals surface area contributed by atoms with E-state index in [-0.39, 0.29) is 24.2 Å². The summed E-state index contributed by atoms with van der Waals surface area (Å²) in [6.45, 7) is 3.96. The van der Waals surface area contributed by atoms with Crippen molar-refractivity contribution < 1.29 is 19.5 Å². The van der Waals surface area contributed by atoms with Crippen LogP contribution in [-0.4, -0.2) is 35.0 Å². The third-order valence-corrected chi connectivity index (χ3v) is 3.06. The first-order chi connectivity index (χ1) is 8.30. The lowest BCUT2D eigenvalue weighted by atomic mass is 9.94. The van der Waals surface area contributed by atoms with Crippen LogP contribution in [0.2, 0.25) is 0 Å². The SMILES string of the molecule is CC(C)(CCC(=O)O)NC(=O)C1CCC(=O)NC1. The maximum atomic E-state index is 12.0. The van der Waals surface area contributed by atoms with Crippen LogP contribution in [0.1, 0.15) is 39.5 Å². The van der Waals surface area contributed by atoms with Crippen LogP contribution >= 0.6 is 0 Å². The number of carboxylic acid groups (broad SMARTS) is 1. The Morgan fingerprint density at radius 3 is 2.67 bits per heavy atom. The Balaban J connectivity index is 2.42. The van der Waals surface area contributed by atoms with Gasteiger partial charge in [-0.2, -0.15) is 0 Å². The molecule has 18 heavy (non-hydrogen) atoms. The molecule has 0 saturated carbocycles. The minimum absolute atomic E-state index is 0.0225. The summed E-state index contributed by atoms with van der Waals surface area (Å²) in [5, 5.41) is 14.1. The highest BCUT2D eigenvalue weighted by Crippen LogP contribution is 2.16. The van der Waals surface area contributed by atoms with Gasteiger partial charge in [0.15, 0.2) is 0 Å². The molecule has 1 rings (SSSR count). The Hall–Kier alpha value is -1.59. The zero-order valence-electron chi connectivity index (χ0n) is 10.8. The molecule has 0 aliphatic carbocycles. The van der Waals surface area contributed by atoms with Crippen LogP contribution in [0.5, 0.6) is 0 Å². The van der Waals surface area contributed by atoms with E-state index in [2.05, 4.69) is 10.6 Å². The van der Waals surface area contributed by atoms with Crippen molar-refractivity contribution in [3.05, 3.63) is 0 Å². The zero-order chi connectivity index (χ0) is 13.8. The molecule has 0 aromatic carbocycles. The van der Waals surface area contributed by atoms with Crippen molar-refractivity contribution in [2.45, 2.75) is 45.1 Å². The molecule has 6 nitrogen and oxygen atoms in total. The molecule has 1 saturated heterocycles. The van der Waals surface area contributed by atoms with Crippen molar-refractivity contribution in [2.24, 2.45) is 5.92 Å². The van der Waals surface area contributed by atoms with Gasteiger partial charge in [0.2, 0.25) is 11.8 Å². The maximum absolute atomic E-state index is 12.0. The van der Waals surface area contributed by atoms with Gasteiger partial charge in [-0.25, -0.2) is 0 Å². The number of hydrogen-bond acceptors (Lipinski definition) is 3. The molecule has 1 atom stereocenters. The average molecular weight is 256 g/mol. The Labute approximate surface area is 106 Å². The van der Waals surface area contributed by atoms with Gasteiger partial charge in [0, 0.05) is 24.9 Å². The number of carboxylic acids is 1. The second-order valence-corrected chi connectivity index (χ2v) is 5.31. The van der Waals surface area contributed by atoms with E-state index in [1.54, 1.807) is 13.8 Å². The van der Waals surface area contributed by atoms with Crippen LogP contribution in [0.3, 0.4) is 0 Å². The summed E-state index contributed by atoms with van der Waals surface area (Å²) < 4.78 is 0. The summed E-state index contributed by atoms with van der Waals surface area (Å²) in [5.41, 5.74) is -0.545. The van der Waals surface area contributed by atoms with E-state index >= 15 is 0 Å². The first kappa shape index (κ1) is 14.5. The predicted molar refractivity (Wildman–Crippen MR) is 64.8 cm³/mol. The van der Waals surface area contributed by atoms with Gasteiger partial charge < -0.3 is 15.7 Å². The molecule has 3 N–H and O–H groups in total. The molecular weight excluding hydrogens is 236 g/mol. The molecule has 0 aromatic heterocycles. The predicted octanol–water partition coefficient (Wildman–Crippen LogP) is 0.272. The van der Waals surface area contributed by atoms with Crippen LogP contribution in [0.15, 0.2) is 0 Å². The van der Waals surface area contributed by atoms with Gasteiger partial charge in [0.1, 0.15) is 0 Å². The van der Waals surface area contributed by atoms with Crippen LogP contribution in [0.25, 0.3) is 0 Å². The van der Waals surface area contributed by atoms with E-state index in [1.807, 2.05) is 0 Å². The quantitative estimate of drug-likeness (QED) is 0.658. The zero-order valence-corrected chi connectivity index (χ0v) is 10.8. The lowest BCUT2D eigenvalue weighted by Gasteiger charge is -2.29. The van der Waals surface area contributed by atoms with Crippen molar-refractivity contribution in [3.8, 4) is 0 Å². The minimum atomic E-state index is -0.873. The molecule has 1 heterocycles. The number of carbonyl (C=O) groups is 3. The molecule has 0 bridgehead atoms. The molecule has 0 radical (unpaired) electrons. The molecular formula is C12H20N2O4. The molecule has 1 aliphatic rings. The van der Waals surface area contributed by atoms with Crippen LogP contribution in [0.4, 0.5) is 0 Å². The summed E-state index contributed by atoms with van der Waals surface area (Å²) in [7, 11) is 0. The van der Waals surface area contributed by atoms with E-state index in [0.717, 1.165) is 0 Å². The second kappa shape index (κ2) is 5.84. The number of hydrogen-bond donors (Lipinski definition) is 3. The lowest BCUT2D eigenvalue weighted by Crippen LogP contribution is -2.50. The molecule has 1 fully saturated rings. The summed E-state index contributed by atoms with van der Waals surface area (Å²) in [4.78, 5) is 33.5. The van der Waals surface area contributed by atoms with Gasteiger partial charge in [-0.3, -0.25) is 14.4 Å². The lowest BCUT2D eigenvalue weighted by molar-refractivity contribution is -0.138. The first-order valence-corrected chi connectivity index (χ1v) is 6.11. The van der Waals surface area contributed by atoms with Crippen molar-refractivity contribution >= 4 is 17.8 Å².